The molecule has 0 bridgehead atoms. The van der Waals surface area contributed by atoms with Crippen LogP contribution in [0.2, 0.25) is 0 Å². The largest absolute Gasteiger partial charge is 0.444 e. The van der Waals surface area contributed by atoms with E-state index in [1.807, 2.05) is 0 Å². The van der Waals surface area contributed by atoms with Crippen molar-refractivity contribution in [2.24, 2.45) is 5.41 Å². The molecular formula is C29H35F3N4O5. The van der Waals surface area contributed by atoms with Gasteiger partial charge >= 0.3 is 12.3 Å². The Hall–Kier alpha value is -3.51. The molecule has 12 heteroatoms. The molecule has 4 rings (SSSR count). The fraction of sp³-hybridized carbons (Fsp3) is 0.517. The fourth-order valence-corrected chi connectivity index (χ4v) is 4.88. The highest BCUT2D eigenvalue weighted by atomic mass is 19.4. The van der Waals surface area contributed by atoms with Gasteiger partial charge in [-0.05, 0) is 38.0 Å². The van der Waals surface area contributed by atoms with E-state index in [-0.39, 0.29) is 37.0 Å². The third-order valence-corrected chi connectivity index (χ3v) is 7.21. The molecule has 2 N–H and O–H groups in total. The number of alkyl halides is 3. The summed E-state index contributed by atoms with van der Waals surface area (Å²) < 4.78 is 49.9. The zero-order chi connectivity index (χ0) is 30.4. The smallest absolute Gasteiger partial charge is 0.410 e. The van der Waals surface area contributed by atoms with Gasteiger partial charge in [-0.3, -0.25) is 4.98 Å². The quantitative estimate of drug-likeness (QED) is 0.403. The number of rotatable bonds is 7. The molecule has 3 heterocycles. The number of aliphatic hydroxyl groups excluding tert-OH is 1. The van der Waals surface area contributed by atoms with Gasteiger partial charge in [0.2, 0.25) is 0 Å². The Morgan fingerprint density at radius 2 is 1.71 bits per heavy atom. The van der Waals surface area contributed by atoms with Crippen molar-refractivity contribution in [3.05, 3.63) is 65.2 Å². The van der Waals surface area contributed by atoms with Gasteiger partial charge in [-0.1, -0.05) is 50.2 Å². The SMILES string of the molecule is CC(C)(C)OC(=O)N1CC(C)(C(O)(c2ccc(CC(F)(F)F)cc2)c2cncc(-c3nc(C(C)(C)CO)no3)c2)C1. The van der Waals surface area contributed by atoms with Gasteiger partial charge in [0, 0.05) is 36.5 Å². The van der Waals surface area contributed by atoms with E-state index in [1.54, 1.807) is 47.6 Å². The molecule has 0 radical (unpaired) electrons. The second-order valence-corrected chi connectivity index (χ2v) is 12.5. The van der Waals surface area contributed by atoms with Crippen molar-refractivity contribution in [3.63, 3.8) is 0 Å². The van der Waals surface area contributed by atoms with E-state index in [9.17, 15) is 28.2 Å². The van der Waals surface area contributed by atoms with Crippen molar-refractivity contribution in [2.45, 2.75) is 70.8 Å². The van der Waals surface area contributed by atoms with E-state index in [4.69, 9.17) is 9.26 Å². The number of hydrogen-bond donors (Lipinski definition) is 2. The number of hydrogen-bond acceptors (Lipinski definition) is 8. The van der Waals surface area contributed by atoms with Crippen molar-refractivity contribution < 1.29 is 37.4 Å². The topological polar surface area (TPSA) is 122 Å². The van der Waals surface area contributed by atoms with E-state index in [1.165, 1.54) is 41.6 Å². The van der Waals surface area contributed by atoms with Gasteiger partial charge in [0.15, 0.2) is 5.82 Å². The lowest BCUT2D eigenvalue weighted by molar-refractivity contribution is -0.131. The van der Waals surface area contributed by atoms with Crippen molar-refractivity contribution in [3.8, 4) is 11.5 Å². The maximum Gasteiger partial charge on any atom is 0.410 e. The Balaban J connectivity index is 1.75. The molecule has 2 aromatic heterocycles. The maximum atomic E-state index is 13.0. The Morgan fingerprint density at radius 1 is 1.07 bits per heavy atom. The fourth-order valence-electron chi connectivity index (χ4n) is 4.88. The van der Waals surface area contributed by atoms with Crippen LogP contribution < -0.4 is 0 Å². The molecule has 222 valence electrons. The number of amides is 1. The molecule has 0 saturated carbocycles. The summed E-state index contributed by atoms with van der Waals surface area (Å²) in [6.45, 7) is 10.6. The van der Waals surface area contributed by atoms with E-state index >= 15 is 0 Å². The summed E-state index contributed by atoms with van der Waals surface area (Å²) in [5.74, 6) is 0.405. The number of ether oxygens (including phenoxy) is 1. The minimum atomic E-state index is -4.38. The minimum absolute atomic E-state index is 0.0505. The van der Waals surface area contributed by atoms with E-state index in [0.29, 0.717) is 16.7 Å². The molecule has 1 aromatic carbocycles. The Bertz CT molecular complexity index is 1390. The number of carbonyl (C=O) groups excluding carboxylic acids is 1. The first-order valence-corrected chi connectivity index (χ1v) is 13.1. The van der Waals surface area contributed by atoms with Crippen molar-refractivity contribution in [2.75, 3.05) is 19.7 Å². The van der Waals surface area contributed by atoms with Crippen LogP contribution in [-0.2, 0) is 22.2 Å². The number of nitrogens with zero attached hydrogens (tertiary/aromatic N) is 4. The number of carbonyl (C=O) groups is 1. The molecular weight excluding hydrogens is 541 g/mol. The second kappa shape index (κ2) is 10.4. The molecule has 0 aliphatic carbocycles. The predicted octanol–water partition coefficient (Wildman–Crippen LogP) is 5.00. The van der Waals surface area contributed by atoms with Crippen LogP contribution in [0.3, 0.4) is 0 Å². The first-order valence-electron chi connectivity index (χ1n) is 13.1. The van der Waals surface area contributed by atoms with Gasteiger partial charge in [-0.15, -0.1) is 0 Å². The third-order valence-electron chi connectivity index (χ3n) is 7.21. The summed E-state index contributed by atoms with van der Waals surface area (Å²) in [4.78, 5) is 22.9. The molecule has 1 amide bonds. The minimum Gasteiger partial charge on any atom is -0.444 e. The van der Waals surface area contributed by atoms with Crippen LogP contribution in [0.15, 0.2) is 47.2 Å². The first-order chi connectivity index (χ1) is 18.9. The van der Waals surface area contributed by atoms with Gasteiger partial charge < -0.3 is 24.4 Å². The van der Waals surface area contributed by atoms with Gasteiger partial charge in [0.1, 0.15) is 11.2 Å². The van der Waals surface area contributed by atoms with E-state index < -0.39 is 40.7 Å². The zero-order valence-electron chi connectivity index (χ0n) is 23.9. The van der Waals surface area contributed by atoms with Crippen LogP contribution in [0.4, 0.5) is 18.0 Å². The zero-order valence-corrected chi connectivity index (χ0v) is 23.9. The molecule has 1 atom stereocenters. The van der Waals surface area contributed by atoms with Crippen molar-refractivity contribution >= 4 is 6.09 Å². The van der Waals surface area contributed by atoms with E-state index in [0.717, 1.165) is 0 Å². The summed E-state index contributed by atoms with van der Waals surface area (Å²) in [7, 11) is 0. The highest BCUT2D eigenvalue weighted by molar-refractivity contribution is 5.70. The number of aliphatic hydroxyl groups is 2. The van der Waals surface area contributed by atoms with Crippen LogP contribution >= 0.6 is 0 Å². The molecule has 1 aliphatic rings. The highest BCUT2D eigenvalue weighted by Crippen LogP contribution is 2.51. The summed E-state index contributed by atoms with van der Waals surface area (Å²) in [6.07, 6.45) is -3.07. The molecule has 0 spiro atoms. The lowest BCUT2D eigenvalue weighted by atomic mass is 9.62. The molecule has 1 saturated heterocycles. The molecule has 1 fully saturated rings. The summed E-state index contributed by atoms with van der Waals surface area (Å²) in [6, 6.07) is 7.22. The van der Waals surface area contributed by atoms with Gasteiger partial charge in [0.05, 0.1) is 24.0 Å². The van der Waals surface area contributed by atoms with E-state index in [2.05, 4.69) is 15.1 Å². The number of likely N-dealkylation sites (tertiary alicyclic amines) is 1. The average Bonchev–Trinajstić information content (AvgIpc) is 3.36. The van der Waals surface area contributed by atoms with Crippen LogP contribution in [0.1, 0.15) is 64.1 Å². The van der Waals surface area contributed by atoms with Gasteiger partial charge in [0.25, 0.3) is 5.89 Å². The van der Waals surface area contributed by atoms with Crippen LogP contribution in [0, 0.1) is 5.41 Å². The van der Waals surface area contributed by atoms with Crippen LogP contribution in [0.5, 0.6) is 0 Å². The highest BCUT2D eigenvalue weighted by Gasteiger charge is 2.58. The predicted molar refractivity (Wildman–Crippen MR) is 143 cm³/mol. The molecule has 1 aliphatic heterocycles. The van der Waals surface area contributed by atoms with Crippen molar-refractivity contribution in [1.82, 2.24) is 20.0 Å². The molecule has 9 nitrogen and oxygen atoms in total. The molecule has 41 heavy (non-hydrogen) atoms. The summed E-state index contributed by atoms with van der Waals surface area (Å²) >= 11 is 0. The molecule has 1 unspecified atom stereocenters. The van der Waals surface area contributed by atoms with Crippen LogP contribution in [-0.4, -0.2) is 67.8 Å². The number of halogens is 3. The summed E-state index contributed by atoms with van der Waals surface area (Å²) in [5.41, 5.74) is -3.10. The van der Waals surface area contributed by atoms with Crippen LogP contribution in [0.25, 0.3) is 11.5 Å². The Morgan fingerprint density at radius 3 is 2.27 bits per heavy atom. The standard InChI is InChI=1S/C29H35F3N4O5/c1-25(2,3)40-24(38)36-15-27(6,16-36)29(39,20-9-7-18(8-10-20)12-28(30,31)32)21-11-19(13-33-14-21)22-34-23(35-41-22)26(4,5)17-37/h7-11,13-14,37,39H,12,15-17H2,1-6H3. The van der Waals surface area contributed by atoms with Gasteiger partial charge in [-0.25, -0.2) is 4.79 Å². The number of aromatic nitrogens is 3. The van der Waals surface area contributed by atoms with Gasteiger partial charge in [-0.2, -0.15) is 18.2 Å². The second-order valence-electron chi connectivity index (χ2n) is 12.5. The number of benzene rings is 1. The van der Waals surface area contributed by atoms with Crippen molar-refractivity contribution in [1.29, 1.82) is 0 Å². The maximum absolute atomic E-state index is 13.0. The average molecular weight is 577 g/mol. The lowest BCUT2D eigenvalue weighted by Crippen LogP contribution is -2.66. The molecule has 3 aromatic rings. The number of pyridine rings is 1. The monoisotopic (exact) mass is 576 g/mol. The first kappa shape index (κ1) is 30.4. The third kappa shape index (κ3) is 6.23. The Kier molecular flexibility index (Phi) is 7.72. The lowest BCUT2D eigenvalue weighted by Gasteiger charge is -2.56. The normalized spacial score (nSPS) is 17.1. The summed E-state index contributed by atoms with van der Waals surface area (Å²) in [5, 5.41) is 26.1. The Labute approximate surface area is 236 Å².